The van der Waals surface area contributed by atoms with Crippen LogP contribution in [0.15, 0.2) is 48.8 Å². The van der Waals surface area contributed by atoms with E-state index in [9.17, 15) is 0 Å². The molecule has 0 aliphatic carbocycles. The van der Waals surface area contributed by atoms with Crippen LogP contribution in [0.2, 0.25) is 0 Å². The molecule has 21 heavy (non-hydrogen) atoms. The van der Waals surface area contributed by atoms with E-state index in [4.69, 9.17) is 0 Å². The summed E-state index contributed by atoms with van der Waals surface area (Å²) in [5.41, 5.74) is 3.77. The molecule has 0 N–H and O–H groups in total. The second-order valence-electron chi connectivity index (χ2n) is 6.32. The smallest absolute Gasteiger partial charge is 0.0652 e. The van der Waals surface area contributed by atoms with Crippen LogP contribution < -0.4 is 0 Å². The molecule has 0 bridgehead atoms. The highest BCUT2D eigenvalue weighted by molar-refractivity contribution is 5.85. The molecule has 0 saturated heterocycles. The minimum absolute atomic E-state index is 0.506. The number of hydrogen-bond acceptors (Lipinski definition) is 1. The largest absolute Gasteiger partial charge is 0.241 e. The molecule has 3 aromatic rings. The first-order valence-corrected chi connectivity index (χ1v) is 7.63. The first-order chi connectivity index (χ1) is 10.0. The van der Waals surface area contributed by atoms with E-state index in [0.29, 0.717) is 11.8 Å². The molecule has 1 heterocycles. The summed E-state index contributed by atoms with van der Waals surface area (Å²) in [6.07, 6.45) is 4.08. The Bertz CT molecular complexity index is 766. The molecule has 0 radical (unpaired) electrons. The fraction of sp³-hybridized carbons (Fsp3) is 0.316. The van der Waals surface area contributed by atoms with Crippen molar-refractivity contribution in [2.45, 2.75) is 39.5 Å². The molecule has 0 spiro atoms. The molecule has 0 amide bonds. The van der Waals surface area contributed by atoms with Gasteiger partial charge < -0.3 is 0 Å². The Hall–Kier alpha value is -2.09. The third-order valence-corrected chi connectivity index (χ3v) is 4.05. The second kappa shape index (κ2) is 5.36. The lowest BCUT2D eigenvalue weighted by molar-refractivity contribution is 0.858. The number of rotatable bonds is 3. The molecule has 3 rings (SSSR count). The molecule has 108 valence electrons. The van der Waals surface area contributed by atoms with Crippen molar-refractivity contribution in [2.24, 2.45) is 0 Å². The average molecular weight is 278 g/mol. The summed E-state index contributed by atoms with van der Waals surface area (Å²) >= 11 is 0. The molecule has 0 unspecified atom stereocenters. The summed E-state index contributed by atoms with van der Waals surface area (Å²) in [5, 5.41) is 7.04. The molecule has 2 aromatic carbocycles. The zero-order chi connectivity index (χ0) is 15.0. The zero-order valence-electron chi connectivity index (χ0n) is 13.2. The van der Waals surface area contributed by atoms with Gasteiger partial charge in [-0.2, -0.15) is 5.10 Å². The van der Waals surface area contributed by atoms with Crippen molar-refractivity contribution < 1.29 is 0 Å². The Morgan fingerprint density at radius 2 is 1.52 bits per heavy atom. The van der Waals surface area contributed by atoms with Gasteiger partial charge in [-0.25, -0.2) is 4.68 Å². The topological polar surface area (TPSA) is 17.8 Å². The third-order valence-electron chi connectivity index (χ3n) is 4.05. The highest BCUT2D eigenvalue weighted by Gasteiger charge is 2.06. The van der Waals surface area contributed by atoms with Gasteiger partial charge in [0.2, 0.25) is 0 Å². The Morgan fingerprint density at radius 3 is 2.19 bits per heavy atom. The van der Waals surface area contributed by atoms with Gasteiger partial charge in [0.05, 0.1) is 11.9 Å². The Morgan fingerprint density at radius 1 is 0.810 bits per heavy atom. The highest BCUT2D eigenvalue weighted by atomic mass is 15.3. The van der Waals surface area contributed by atoms with Gasteiger partial charge in [0.25, 0.3) is 0 Å². The van der Waals surface area contributed by atoms with Crippen LogP contribution >= 0.6 is 0 Å². The van der Waals surface area contributed by atoms with Crippen LogP contribution in [0.4, 0.5) is 0 Å². The van der Waals surface area contributed by atoms with Crippen LogP contribution in [-0.2, 0) is 0 Å². The van der Waals surface area contributed by atoms with Gasteiger partial charge in [0.15, 0.2) is 0 Å². The van der Waals surface area contributed by atoms with Crippen molar-refractivity contribution in [3.63, 3.8) is 0 Å². The van der Waals surface area contributed by atoms with Crippen molar-refractivity contribution in [2.75, 3.05) is 0 Å². The molecule has 0 saturated carbocycles. The molecule has 0 aliphatic rings. The number of fused-ring (bicyclic) bond motifs is 1. The van der Waals surface area contributed by atoms with E-state index < -0.39 is 0 Å². The van der Waals surface area contributed by atoms with Gasteiger partial charge >= 0.3 is 0 Å². The van der Waals surface area contributed by atoms with Gasteiger partial charge in [-0.05, 0) is 45.9 Å². The maximum absolute atomic E-state index is 4.49. The van der Waals surface area contributed by atoms with E-state index in [2.05, 4.69) is 75.4 Å². The number of nitrogens with zero attached hydrogens (tertiary/aromatic N) is 2. The lowest BCUT2D eigenvalue weighted by atomic mass is 9.99. The molecular weight excluding hydrogens is 256 g/mol. The van der Waals surface area contributed by atoms with Crippen LogP contribution in [0.5, 0.6) is 0 Å². The summed E-state index contributed by atoms with van der Waals surface area (Å²) in [6, 6.07) is 13.2. The van der Waals surface area contributed by atoms with Crippen molar-refractivity contribution in [1.82, 2.24) is 9.78 Å². The Labute approximate surface area is 126 Å². The molecule has 2 heteroatoms. The van der Waals surface area contributed by atoms with Crippen LogP contribution in [-0.4, -0.2) is 9.78 Å². The monoisotopic (exact) mass is 278 g/mol. The Balaban J connectivity index is 2.06. The van der Waals surface area contributed by atoms with Crippen LogP contribution in [0.1, 0.15) is 50.7 Å². The first kappa shape index (κ1) is 13.9. The van der Waals surface area contributed by atoms with Gasteiger partial charge in [-0.15, -0.1) is 0 Å². The van der Waals surface area contributed by atoms with E-state index in [-0.39, 0.29) is 0 Å². The molecule has 1 aromatic heterocycles. The minimum atomic E-state index is 0.506. The molecule has 0 fully saturated rings. The predicted molar refractivity (Wildman–Crippen MR) is 89.2 cm³/mol. The maximum atomic E-state index is 4.49. The average Bonchev–Trinajstić information content (AvgIpc) is 2.96. The van der Waals surface area contributed by atoms with Crippen molar-refractivity contribution >= 4 is 10.8 Å². The van der Waals surface area contributed by atoms with E-state index in [1.54, 1.807) is 0 Å². The summed E-state index contributed by atoms with van der Waals surface area (Å²) in [6.45, 7) is 8.84. The first-order valence-electron chi connectivity index (χ1n) is 7.63. The van der Waals surface area contributed by atoms with Crippen LogP contribution in [0.3, 0.4) is 0 Å². The van der Waals surface area contributed by atoms with Crippen molar-refractivity contribution in [3.8, 4) is 5.69 Å². The summed E-state index contributed by atoms with van der Waals surface area (Å²) in [5.74, 6) is 1.06. The lowest BCUT2D eigenvalue weighted by Crippen LogP contribution is -1.94. The van der Waals surface area contributed by atoms with E-state index in [1.165, 1.54) is 21.9 Å². The normalized spacial score (nSPS) is 11.7. The quantitative estimate of drug-likeness (QED) is 0.638. The van der Waals surface area contributed by atoms with E-state index in [1.807, 2.05) is 10.9 Å². The third kappa shape index (κ3) is 2.71. The standard InChI is InChI=1S/C19H22N2/c1-13(2)16-6-5-15-7-8-19(10-17(15)9-16)21-12-18(11-20-21)14(3)4/h5-14H,1-4H3. The fourth-order valence-electron chi connectivity index (χ4n) is 2.53. The van der Waals surface area contributed by atoms with Crippen LogP contribution in [0.25, 0.3) is 16.5 Å². The zero-order valence-corrected chi connectivity index (χ0v) is 13.2. The maximum Gasteiger partial charge on any atom is 0.0652 e. The van der Waals surface area contributed by atoms with Gasteiger partial charge in [-0.3, -0.25) is 0 Å². The molecule has 2 nitrogen and oxygen atoms in total. The number of benzene rings is 2. The molecule has 0 aliphatic heterocycles. The van der Waals surface area contributed by atoms with E-state index in [0.717, 1.165) is 5.69 Å². The van der Waals surface area contributed by atoms with Gasteiger partial charge in [0, 0.05) is 6.20 Å². The SMILES string of the molecule is CC(C)c1ccc2ccc(-n3cc(C(C)C)cn3)cc2c1. The molecule has 0 atom stereocenters. The fourth-order valence-corrected chi connectivity index (χ4v) is 2.53. The predicted octanol–water partition coefficient (Wildman–Crippen LogP) is 5.27. The summed E-state index contributed by atoms with van der Waals surface area (Å²) in [7, 11) is 0. The number of aromatic nitrogens is 2. The summed E-state index contributed by atoms with van der Waals surface area (Å²) in [4.78, 5) is 0. The van der Waals surface area contributed by atoms with E-state index >= 15 is 0 Å². The lowest BCUT2D eigenvalue weighted by Gasteiger charge is -2.08. The van der Waals surface area contributed by atoms with Crippen molar-refractivity contribution in [3.05, 3.63) is 59.9 Å². The Kier molecular flexibility index (Phi) is 3.54. The minimum Gasteiger partial charge on any atom is -0.241 e. The van der Waals surface area contributed by atoms with Gasteiger partial charge in [-0.1, -0.05) is 52.0 Å². The van der Waals surface area contributed by atoms with Crippen molar-refractivity contribution in [1.29, 1.82) is 0 Å². The summed E-state index contributed by atoms with van der Waals surface area (Å²) < 4.78 is 1.97. The highest BCUT2D eigenvalue weighted by Crippen LogP contribution is 2.24. The van der Waals surface area contributed by atoms with Crippen LogP contribution in [0, 0.1) is 0 Å². The molecular formula is C19H22N2. The van der Waals surface area contributed by atoms with Gasteiger partial charge in [0.1, 0.15) is 0 Å². The number of hydrogen-bond donors (Lipinski definition) is 0. The second-order valence-corrected chi connectivity index (χ2v) is 6.32.